The van der Waals surface area contributed by atoms with Gasteiger partial charge < -0.3 is 19.1 Å². The highest BCUT2D eigenvalue weighted by Crippen LogP contribution is 2.45. The number of nitrogens with zero attached hydrogens (tertiary/aromatic N) is 3. The van der Waals surface area contributed by atoms with Gasteiger partial charge >= 0.3 is 0 Å². The molecule has 2 aromatic rings. The van der Waals surface area contributed by atoms with Crippen molar-refractivity contribution in [1.82, 2.24) is 14.4 Å². The molecule has 2 fully saturated rings. The number of rotatable bonds is 4. The Balaban J connectivity index is 1.60. The van der Waals surface area contributed by atoms with Gasteiger partial charge in [-0.15, -0.1) is 0 Å². The molecule has 0 aliphatic carbocycles. The van der Waals surface area contributed by atoms with Crippen molar-refractivity contribution < 1.29 is 14.3 Å². The van der Waals surface area contributed by atoms with E-state index in [4.69, 9.17) is 4.74 Å². The van der Waals surface area contributed by atoms with E-state index in [1.54, 1.807) is 7.11 Å². The molecule has 0 unspecified atom stereocenters. The van der Waals surface area contributed by atoms with Crippen molar-refractivity contribution in [2.45, 2.75) is 26.3 Å². The fourth-order valence-electron chi connectivity index (χ4n) is 4.90. The summed E-state index contributed by atoms with van der Waals surface area (Å²) in [5, 5.41) is 0. The second-order valence-corrected chi connectivity index (χ2v) is 8.18. The molecule has 6 nitrogen and oxygen atoms in total. The van der Waals surface area contributed by atoms with E-state index in [1.807, 2.05) is 71.8 Å². The third kappa shape index (κ3) is 3.30. The maximum absolute atomic E-state index is 13.1. The van der Waals surface area contributed by atoms with Crippen LogP contribution >= 0.6 is 0 Å². The van der Waals surface area contributed by atoms with E-state index in [1.165, 1.54) is 0 Å². The summed E-state index contributed by atoms with van der Waals surface area (Å²) in [4.78, 5) is 29.8. The highest BCUT2D eigenvalue weighted by atomic mass is 16.5. The first-order chi connectivity index (χ1) is 13.9. The van der Waals surface area contributed by atoms with Crippen molar-refractivity contribution in [3.63, 3.8) is 0 Å². The number of benzene rings is 1. The Morgan fingerprint density at radius 1 is 1.10 bits per heavy atom. The van der Waals surface area contributed by atoms with Crippen LogP contribution in [0.4, 0.5) is 0 Å². The average molecular weight is 396 g/mol. The summed E-state index contributed by atoms with van der Waals surface area (Å²) in [6.07, 6.45) is 2.43. The van der Waals surface area contributed by atoms with Gasteiger partial charge in [0.25, 0.3) is 5.91 Å². The van der Waals surface area contributed by atoms with Crippen LogP contribution in [0.3, 0.4) is 0 Å². The highest BCUT2D eigenvalue weighted by molar-refractivity contribution is 5.95. The molecular formula is C23H29N3O3. The normalized spacial score (nSPS) is 23.4. The second kappa shape index (κ2) is 7.58. The van der Waals surface area contributed by atoms with E-state index in [9.17, 15) is 9.59 Å². The minimum atomic E-state index is 0.00743. The Bertz CT molecular complexity index is 918. The van der Waals surface area contributed by atoms with Crippen molar-refractivity contribution in [3.05, 3.63) is 53.3 Å². The quantitative estimate of drug-likeness (QED) is 0.800. The lowest BCUT2D eigenvalue weighted by Crippen LogP contribution is -2.37. The third-order valence-electron chi connectivity index (χ3n) is 6.65. The number of carbonyl (C=O) groups is 2. The first-order valence-electron chi connectivity index (χ1n) is 10.3. The molecule has 2 saturated heterocycles. The number of methoxy groups -OCH3 is 1. The van der Waals surface area contributed by atoms with E-state index in [0.29, 0.717) is 32.0 Å². The first kappa shape index (κ1) is 19.6. The molecule has 0 bridgehead atoms. The molecule has 3 atom stereocenters. The van der Waals surface area contributed by atoms with Gasteiger partial charge in [-0.3, -0.25) is 9.59 Å². The molecule has 6 heteroatoms. The SMILES string of the molecule is CCC(=O)N1C[C@@H]2CN(C(=O)c3ccn(C)c3C)C[C@@H]2[C@@H]1c1ccc(OC)cc1. The number of aryl methyl sites for hydroxylation is 1. The molecule has 3 heterocycles. The number of ether oxygens (including phenoxy) is 1. The van der Waals surface area contributed by atoms with Crippen LogP contribution in [0.25, 0.3) is 0 Å². The third-order valence-corrected chi connectivity index (χ3v) is 6.65. The Morgan fingerprint density at radius 3 is 2.41 bits per heavy atom. The predicted molar refractivity (Wildman–Crippen MR) is 111 cm³/mol. The second-order valence-electron chi connectivity index (χ2n) is 8.18. The molecule has 0 saturated carbocycles. The molecule has 29 heavy (non-hydrogen) atoms. The van der Waals surface area contributed by atoms with Gasteiger partial charge in [0, 0.05) is 56.8 Å². The van der Waals surface area contributed by atoms with Gasteiger partial charge in [-0.25, -0.2) is 0 Å². The number of hydrogen-bond acceptors (Lipinski definition) is 3. The molecule has 1 aromatic heterocycles. The maximum Gasteiger partial charge on any atom is 0.255 e. The molecule has 2 aliphatic rings. The van der Waals surface area contributed by atoms with E-state index >= 15 is 0 Å². The number of fused-ring (bicyclic) bond motifs is 1. The summed E-state index contributed by atoms with van der Waals surface area (Å²) < 4.78 is 7.27. The number of aromatic nitrogens is 1. The zero-order valence-electron chi connectivity index (χ0n) is 17.6. The Kier molecular flexibility index (Phi) is 5.11. The summed E-state index contributed by atoms with van der Waals surface area (Å²) in [5.74, 6) is 1.65. The zero-order chi connectivity index (χ0) is 20.7. The smallest absolute Gasteiger partial charge is 0.255 e. The number of amides is 2. The van der Waals surface area contributed by atoms with Gasteiger partial charge in [-0.05, 0) is 30.7 Å². The minimum Gasteiger partial charge on any atom is -0.497 e. The highest BCUT2D eigenvalue weighted by Gasteiger charge is 2.49. The lowest BCUT2D eigenvalue weighted by Gasteiger charge is -2.30. The average Bonchev–Trinajstić information content (AvgIpc) is 3.40. The van der Waals surface area contributed by atoms with Crippen LogP contribution in [0, 0.1) is 18.8 Å². The summed E-state index contributed by atoms with van der Waals surface area (Å²) >= 11 is 0. The molecule has 154 valence electrons. The van der Waals surface area contributed by atoms with Crippen LogP contribution in [0.15, 0.2) is 36.5 Å². The van der Waals surface area contributed by atoms with Crippen LogP contribution in [0.2, 0.25) is 0 Å². The topological polar surface area (TPSA) is 54.8 Å². The van der Waals surface area contributed by atoms with Gasteiger partial charge in [-0.1, -0.05) is 19.1 Å². The van der Waals surface area contributed by atoms with E-state index in [2.05, 4.69) is 0 Å². The summed E-state index contributed by atoms with van der Waals surface area (Å²) in [5.41, 5.74) is 2.88. The van der Waals surface area contributed by atoms with Gasteiger partial charge in [0.2, 0.25) is 5.91 Å². The van der Waals surface area contributed by atoms with Crippen LogP contribution in [-0.4, -0.2) is 52.9 Å². The summed E-state index contributed by atoms with van der Waals surface area (Å²) in [6, 6.07) is 9.90. The maximum atomic E-state index is 13.1. The number of carbonyl (C=O) groups excluding carboxylic acids is 2. The standard InChI is InChI=1S/C23H29N3O3/c1-5-21(27)26-13-17-12-25(23(28)19-10-11-24(3)15(19)2)14-20(17)22(26)16-6-8-18(29-4)9-7-16/h6-11,17,20,22H,5,12-14H2,1-4H3/t17-,20-,22-/m0/s1. The molecule has 2 amide bonds. The Labute approximate surface area is 172 Å². The molecule has 0 spiro atoms. The molecule has 4 rings (SSSR count). The molecule has 0 N–H and O–H groups in total. The van der Waals surface area contributed by atoms with Crippen molar-refractivity contribution >= 4 is 11.8 Å². The van der Waals surface area contributed by atoms with Gasteiger partial charge in [-0.2, -0.15) is 0 Å². The Morgan fingerprint density at radius 2 is 1.83 bits per heavy atom. The molecular weight excluding hydrogens is 366 g/mol. The summed E-state index contributed by atoms with van der Waals surface area (Å²) in [6.45, 7) is 5.99. The molecule has 0 radical (unpaired) electrons. The molecule has 1 aromatic carbocycles. The number of hydrogen-bond donors (Lipinski definition) is 0. The fourth-order valence-corrected chi connectivity index (χ4v) is 4.90. The van der Waals surface area contributed by atoms with Gasteiger partial charge in [0.15, 0.2) is 0 Å². The van der Waals surface area contributed by atoms with Gasteiger partial charge in [0.05, 0.1) is 18.7 Å². The number of likely N-dealkylation sites (tertiary alicyclic amines) is 2. The lowest BCUT2D eigenvalue weighted by molar-refractivity contribution is -0.132. The van der Waals surface area contributed by atoms with E-state index < -0.39 is 0 Å². The van der Waals surface area contributed by atoms with Crippen LogP contribution in [-0.2, 0) is 11.8 Å². The first-order valence-corrected chi connectivity index (χ1v) is 10.3. The van der Waals surface area contributed by atoms with E-state index in [-0.39, 0.29) is 23.8 Å². The largest absolute Gasteiger partial charge is 0.497 e. The van der Waals surface area contributed by atoms with Crippen molar-refractivity contribution in [1.29, 1.82) is 0 Å². The van der Waals surface area contributed by atoms with E-state index in [0.717, 1.165) is 22.6 Å². The predicted octanol–water partition coefficient (Wildman–Crippen LogP) is 3.02. The lowest BCUT2D eigenvalue weighted by atomic mass is 9.89. The van der Waals surface area contributed by atoms with Crippen molar-refractivity contribution in [2.75, 3.05) is 26.7 Å². The Hall–Kier alpha value is -2.76. The summed E-state index contributed by atoms with van der Waals surface area (Å²) in [7, 11) is 3.61. The van der Waals surface area contributed by atoms with Crippen LogP contribution in [0.1, 0.15) is 41.0 Å². The zero-order valence-corrected chi connectivity index (χ0v) is 17.6. The fraction of sp³-hybridized carbons (Fsp3) is 0.478. The van der Waals surface area contributed by atoms with Gasteiger partial charge in [0.1, 0.15) is 5.75 Å². The van der Waals surface area contributed by atoms with Crippen LogP contribution in [0.5, 0.6) is 5.75 Å². The molecule has 2 aliphatic heterocycles. The van der Waals surface area contributed by atoms with Crippen LogP contribution < -0.4 is 4.74 Å². The minimum absolute atomic E-state index is 0.00743. The van der Waals surface area contributed by atoms with Crippen molar-refractivity contribution in [2.24, 2.45) is 18.9 Å². The van der Waals surface area contributed by atoms with Crippen molar-refractivity contribution in [3.8, 4) is 5.75 Å². The monoisotopic (exact) mass is 395 g/mol.